The summed E-state index contributed by atoms with van der Waals surface area (Å²) in [5, 5.41) is 116. The van der Waals surface area contributed by atoms with Gasteiger partial charge in [-0.15, -0.1) is 0 Å². The third-order valence-corrected chi connectivity index (χ3v) is 0.537. The first kappa shape index (κ1) is 112. The molecule has 0 unspecified atom stereocenters. The van der Waals surface area contributed by atoms with Crippen LogP contribution in [-0.2, 0) is 9.59 Å². The summed E-state index contributed by atoms with van der Waals surface area (Å²) in [5.41, 5.74) is 0. The molecule has 0 aliphatic rings. The van der Waals surface area contributed by atoms with Crippen LogP contribution in [0.4, 0.5) is 8.78 Å². The van der Waals surface area contributed by atoms with E-state index in [1.165, 1.54) is 0 Å². The van der Waals surface area contributed by atoms with E-state index in [1.807, 2.05) is 0 Å². The molecule has 0 aromatic rings. The largest absolute Gasteiger partial charge is 1.00 e. The fourth-order valence-corrected chi connectivity index (χ4v) is 0.0915. The normalized spacial score (nSPS) is 5.57. The van der Waals surface area contributed by atoms with Gasteiger partial charge in [-0.1, -0.05) is 0 Å². The summed E-state index contributed by atoms with van der Waals surface area (Å²) in [7, 11) is -11.7. The van der Waals surface area contributed by atoms with Crippen LogP contribution in [0.2, 0.25) is 0 Å². The molecule has 148 valence electrons. The molecule has 0 bridgehead atoms. The van der Waals surface area contributed by atoms with Gasteiger partial charge in [0.15, 0.2) is 0 Å². The predicted octanol–water partition coefficient (Wildman–Crippen LogP) is -52.0. The van der Waals surface area contributed by atoms with Crippen molar-refractivity contribution < 1.29 is 315 Å². The van der Waals surface area contributed by atoms with Gasteiger partial charge in [0.2, 0.25) is 0 Å². The molecule has 0 fully saturated rings. The topological polar surface area (TPSA) is 351 Å². The van der Waals surface area contributed by atoms with Crippen LogP contribution in [0.1, 0.15) is 0 Å². The first-order valence-corrected chi connectivity index (χ1v) is 4.56. The van der Waals surface area contributed by atoms with Crippen LogP contribution in [0, 0.1) is 0 Å². The first-order chi connectivity index (χ1) is 10.8. The second-order valence-corrected chi connectivity index (χ2v) is 2.34. The van der Waals surface area contributed by atoms with Crippen molar-refractivity contribution in [2.45, 2.75) is 5.92 Å². The van der Waals surface area contributed by atoms with Crippen molar-refractivity contribution in [1.82, 2.24) is 0 Å². The van der Waals surface area contributed by atoms with Gasteiger partial charge in [0.1, 0.15) is 0 Å². The molecule has 0 amide bonds. The number of aliphatic carboxylic acids is 2. The third kappa shape index (κ3) is 209. The van der Waals surface area contributed by atoms with Crippen molar-refractivity contribution in [3.05, 3.63) is 0 Å². The van der Waals surface area contributed by atoms with Crippen LogP contribution in [-0.4, -0.2) is 57.4 Å². The molecule has 0 radical (unpaired) electrons. The molecule has 0 aromatic carbocycles. The zero-order chi connectivity index (χ0) is 22.0. The zero-order valence-corrected chi connectivity index (χ0v) is 23.2. The van der Waals surface area contributed by atoms with Gasteiger partial charge in [-0.05, 0) is 0 Å². The Morgan fingerprint density at radius 2 is 0.459 bits per heavy atom. The van der Waals surface area contributed by atoms with Gasteiger partial charge in [0.05, 0.1) is 0 Å². The summed E-state index contributed by atoms with van der Waals surface area (Å²) < 4.78 is 22.9. The summed E-state index contributed by atoms with van der Waals surface area (Å²) >= 11 is 0. The standard InChI is InChI=1S/C3H2F2O4.4BO3.12Li/c4-3(5,1(6)7)2(8)9;4*2-1(3)4;;;;;;;;;;;;/h(H,6,7)(H,8,9);;;;;;;;;;;;;;;;/q;4*-3;12*+1. The molecule has 0 aromatic heterocycles. The maximum absolute atomic E-state index is 11.5. The van der Waals surface area contributed by atoms with Gasteiger partial charge < -0.3 is 70.5 Å². The molecule has 0 spiro atoms. The van der Waals surface area contributed by atoms with Crippen LogP contribution < -0.4 is 287 Å². The first-order valence-electron chi connectivity index (χ1n) is 4.56. The van der Waals surface area contributed by atoms with E-state index in [9.17, 15) is 18.4 Å². The summed E-state index contributed by atoms with van der Waals surface area (Å²) in [6.07, 6.45) is 0. The molecule has 0 atom stereocenters. The second-order valence-electron chi connectivity index (χ2n) is 2.34. The van der Waals surface area contributed by atoms with Gasteiger partial charge in [-0.2, -0.15) is 8.78 Å². The Kier molecular flexibility index (Phi) is 238. The zero-order valence-electron chi connectivity index (χ0n) is 23.2. The van der Waals surface area contributed by atoms with Gasteiger partial charge in [-0.3, -0.25) is 29.3 Å². The van der Waals surface area contributed by atoms with Crippen molar-refractivity contribution >= 4 is 41.2 Å². The fraction of sp³-hybridized carbons (Fsp3) is 0.333. The number of carboxylic acid groups (broad SMARTS) is 2. The molecule has 34 heteroatoms. The molecular weight excluding hydrogens is 457 g/mol. The number of hydrogen-bond acceptors (Lipinski definition) is 14. The molecule has 0 aliphatic heterocycles. The average molecular weight is 459 g/mol. The minimum atomic E-state index is -4.67. The summed E-state index contributed by atoms with van der Waals surface area (Å²) in [5.74, 6) is -9.98. The van der Waals surface area contributed by atoms with E-state index in [1.54, 1.807) is 0 Å². The predicted molar refractivity (Wildman–Crippen MR) is 43.2 cm³/mol. The Labute approximate surface area is 357 Å². The monoisotopic (exact) mass is 460 g/mol. The van der Waals surface area contributed by atoms with E-state index < -0.39 is 47.1 Å². The van der Waals surface area contributed by atoms with Crippen LogP contribution in [0.3, 0.4) is 0 Å². The molecule has 37 heavy (non-hydrogen) atoms. The van der Waals surface area contributed by atoms with Crippen LogP contribution in [0.15, 0.2) is 0 Å². The van der Waals surface area contributed by atoms with Crippen molar-refractivity contribution in [1.29, 1.82) is 0 Å². The molecule has 2 N–H and O–H groups in total. The number of rotatable bonds is 2. The Balaban J connectivity index is -0.00000000866. The molecular formula is C3H2B4F2Li12O16. The molecule has 16 nitrogen and oxygen atoms in total. The van der Waals surface area contributed by atoms with Gasteiger partial charge >= 0.3 is 244 Å². The van der Waals surface area contributed by atoms with Crippen molar-refractivity contribution in [2.75, 3.05) is 0 Å². The Hall–Kier alpha value is 5.75. The van der Waals surface area contributed by atoms with E-state index in [-0.39, 0.29) is 226 Å². The summed E-state index contributed by atoms with van der Waals surface area (Å²) in [4.78, 5) is 18.7. The quantitative estimate of drug-likeness (QED) is 0.286. The van der Waals surface area contributed by atoms with E-state index >= 15 is 0 Å². The molecule has 0 saturated heterocycles. The second kappa shape index (κ2) is 78.3. The smallest absolute Gasteiger partial charge is 0.907 e. The van der Waals surface area contributed by atoms with Crippen molar-refractivity contribution in [3.8, 4) is 0 Å². The van der Waals surface area contributed by atoms with Crippen LogP contribution in [0.5, 0.6) is 0 Å². The van der Waals surface area contributed by atoms with Crippen molar-refractivity contribution in [2.24, 2.45) is 0 Å². The number of carboxylic acids is 2. The van der Waals surface area contributed by atoms with Gasteiger partial charge in [-0.25, -0.2) is 9.59 Å². The minimum absolute atomic E-state index is 0. The summed E-state index contributed by atoms with van der Waals surface area (Å²) in [6.45, 7) is 0. The van der Waals surface area contributed by atoms with Crippen LogP contribution in [0.25, 0.3) is 0 Å². The SMILES string of the molecule is O=C(O)C(F)(F)C(=O)O.[Li+].[Li+].[Li+].[Li+].[Li+].[Li+].[Li+].[Li+].[Li+].[Li+].[Li+].[Li+].[O-]B([O-])[O-].[O-]B([O-])[O-].[O-]B([O-])[O-].[O-]B([O-])[O-]. The Morgan fingerprint density at radius 3 is 0.459 bits per heavy atom. The minimum Gasteiger partial charge on any atom is -0.907 e. The fourth-order valence-electron chi connectivity index (χ4n) is 0.0915. The molecule has 0 aliphatic carbocycles. The molecule has 0 saturated carbocycles. The van der Waals surface area contributed by atoms with Gasteiger partial charge in [0, 0.05) is 0 Å². The molecule has 0 rings (SSSR count). The van der Waals surface area contributed by atoms with Crippen LogP contribution >= 0.6 is 0 Å². The number of halogens is 2. The Morgan fingerprint density at radius 1 is 0.405 bits per heavy atom. The third-order valence-electron chi connectivity index (χ3n) is 0.537. The maximum Gasteiger partial charge on any atom is 1.00 e. The number of carbonyl (C=O) groups is 2. The number of alkyl halides is 2. The number of hydrogen-bond donors (Lipinski definition) is 2. The summed E-state index contributed by atoms with van der Waals surface area (Å²) in [6, 6.07) is 0. The van der Waals surface area contributed by atoms with Crippen molar-refractivity contribution in [3.63, 3.8) is 0 Å². The van der Waals surface area contributed by atoms with E-state index in [4.69, 9.17) is 70.5 Å². The molecule has 0 heterocycles. The van der Waals surface area contributed by atoms with Gasteiger partial charge in [0.25, 0.3) is 0 Å². The average Bonchev–Trinajstić information content (AvgIpc) is 2.24. The maximum atomic E-state index is 11.5. The van der Waals surface area contributed by atoms with E-state index in [2.05, 4.69) is 0 Å². The Bertz CT molecular complexity index is 294. The van der Waals surface area contributed by atoms with E-state index in [0.29, 0.717) is 0 Å². The van der Waals surface area contributed by atoms with E-state index in [0.717, 1.165) is 0 Å².